The van der Waals surface area contributed by atoms with Crippen molar-refractivity contribution in [2.24, 2.45) is 0 Å². The van der Waals surface area contributed by atoms with Gasteiger partial charge in [0.05, 0.1) is 28.1 Å². The summed E-state index contributed by atoms with van der Waals surface area (Å²) in [5.41, 5.74) is 34.0. The maximum Gasteiger partial charge on any atom is 0.252 e. The Morgan fingerprint density at radius 2 is 0.548 bits per heavy atom. The molecule has 0 amide bonds. The van der Waals surface area contributed by atoms with Gasteiger partial charge in [0.25, 0.3) is 6.71 Å². The molecule has 2 aliphatic heterocycles. The fourth-order valence-corrected chi connectivity index (χ4v) is 20.4. The van der Waals surface area contributed by atoms with Crippen LogP contribution in [-0.4, -0.2) is 11.3 Å². The number of anilines is 6. The molecule has 534 valence electrons. The van der Waals surface area contributed by atoms with Crippen LogP contribution in [-0.2, 0) is 0 Å². The zero-order chi connectivity index (χ0) is 75.6. The second kappa shape index (κ2) is 27.1. The lowest BCUT2D eigenvalue weighted by atomic mass is 9.33. The summed E-state index contributed by atoms with van der Waals surface area (Å²) in [5, 5.41) is 9.74. The van der Waals surface area contributed by atoms with Crippen LogP contribution in [0.15, 0.2) is 425 Å². The fourth-order valence-electron chi connectivity index (χ4n) is 19.1. The molecule has 0 fully saturated rings. The molecule has 0 N–H and O–H groups in total. The van der Waals surface area contributed by atoms with Crippen molar-refractivity contribution < 1.29 is 0 Å². The topological polar surface area (TPSA) is 11.4 Å². The van der Waals surface area contributed by atoms with Crippen LogP contribution in [0, 0.1) is 0 Å². The van der Waals surface area contributed by atoms with Gasteiger partial charge in [0, 0.05) is 75.9 Å². The molecule has 0 saturated carbocycles. The molecule has 2 aliphatic rings. The normalized spacial score (nSPS) is 12.3. The summed E-state index contributed by atoms with van der Waals surface area (Å²) < 4.78 is 5.11. The Morgan fingerprint density at radius 1 is 0.209 bits per heavy atom. The zero-order valence-electron chi connectivity index (χ0n) is 62.7. The molecule has 19 aromatic carbocycles. The monoisotopic (exact) mass is 1480 g/mol. The molecule has 115 heavy (non-hydrogen) atoms. The Balaban J connectivity index is 0.922. The maximum atomic E-state index is 2.74. The first kappa shape index (κ1) is 66.2. The second-order valence-electron chi connectivity index (χ2n) is 30.4. The maximum absolute atomic E-state index is 2.74. The Labute approximate surface area is 672 Å². The SMILES string of the molecule is c1ccc(-c2cc(-c3ccccc3)c(N3c4cc(-c5c6ccccc6c(-c6ccccc6)c6ccccc56)ccc4B4c5ccc(-c6cccc7c6sc6ccccc67)cc5N(c5c(-c6ccccc6)cc(-c6ccccc6)cc5-c5ccccc5)c5cc(-n6c7ccccc7c7ccccc76)cc3c54)c(-c3ccccc3)c2)cc1. The van der Waals surface area contributed by atoms with Crippen LogP contribution < -0.4 is 26.2 Å². The van der Waals surface area contributed by atoms with Crippen molar-refractivity contribution >= 4 is 132 Å². The Hall–Kier alpha value is -14.6. The van der Waals surface area contributed by atoms with Crippen molar-refractivity contribution in [3.63, 3.8) is 0 Å². The first-order chi connectivity index (χ1) is 57.1. The number of rotatable bonds is 12. The van der Waals surface area contributed by atoms with E-state index in [9.17, 15) is 0 Å². The summed E-state index contributed by atoms with van der Waals surface area (Å²) in [6, 6.07) is 160. The van der Waals surface area contributed by atoms with Crippen molar-refractivity contribution in [3.05, 3.63) is 425 Å². The molecule has 4 heterocycles. The van der Waals surface area contributed by atoms with E-state index in [1.54, 1.807) is 0 Å². The third kappa shape index (κ3) is 10.7. The summed E-state index contributed by atoms with van der Waals surface area (Å²) in [6.07, 6.45) is 0. The van der Waals surface area contributed by atoms with Crippen molar-refractivity contribution in [1.82, 2.24) is 4.57 Å². The van der Waals surface area contributed by atoms with Gasteiger partial charge in [-0.25, -0.2) is 0 Å². The molecule has 23 rings (SSSR count). The van der Waals surface area contributed by atoms with Crippen LogP contribution in [0.3, 0.4) is 0 Å². The largest absolute Gasteiger partial charge is 0.310 e. The summed E-state index contributed by atoms with van der Waals surface area (Å²) >= 11 is 1.89. The van der Waals surface area contributed by atoms with Gasteiger partial charge in [-0.15, -0.1) is 11.3 Å². The number of fused-ring (bicyclic) bond motifs is 12. The average Bonchev–Trinajstić information content (AvgIpc) is 1.24. The third-order valence-electron chi connectivity index (χ3n) is 24.1. The number of nitrogens with zero attached hydrogens (tertiary/aromatic N) is 3. The minimum Gasteiger partial charge on any atom is -0.310 e. The Kier molecular flexibility index (Phi) is 15.6. The van der Waals surface area contributed by atoms with Crippen LogP contribution in [0.2, 0.25) is 0 Å². The molecule has 5 heteroatoms. The summed E-state index contributed by atoms with van der Waals surface area (Å²) in [5.74, 6) is 0. The highest BCUT2D eigenvalue weighted by Gasteiger charge is 2.46. The molecule has 0 bridgehead atoms. The second-order valence-corrected chi connectivity index (χ2v) is 31.5. The van der Waals surface area contributed by atoms with E-state index in [-0.39, 0.29) is 6.71 Å². The average molecular weight is 1480 g/mol. The smallest absolute Gasteiger partial charge is 0.252 e. The molecule has 0 aliphatic carbocycles. The lowest BCUT2D eigenvalue weighted by Crippen LogP contribution is -2.61. The van der Waals surface area contributed by atoms with Crippen LogP contribution in [0.1, 0.15) is 0 Å². The van der Waals surface area contributed by atoms with Crippen molar-refractivity contribution in [2.45, 2.75) is 0 Å². The molecule has 21 aromatic rings. The van der Waals surface area contributed by atoms with Crippen LogP contribution >= 0.6 is 11.3 Å². The Morgan fingerprint density at radius 3 is 0.983 bits per heavy atom. The minimum absolute atomic E-state index is 0.320. The van der Waals surface area contributed by atoms with E-state index in [1.807, 2.05) is 11.3 Å². The predicted molar refractivity (Wildman–Crippen MR) is 492 cm³/mol. The van der Waals surface area contributed by atoms with Crippen LogP contribution in [0.25, 0.3) is 169 Å². The standard InChI is InChI=1S/C110H70BN3S/c1-8-33-71(34-9-1)80-63-92(73-37-12-3-13-38-73)108(93(64-80)74-39-14-4-15-40-74)113-100-67-78(83-54-32-55-91-86-49-28-31-58-104(86)115-110(83)91)59-61-96(100)111-97-62-60-79(106-89-52-24-22-50-87(89)105(77-45-20-7-21-46-77)88-51-23-25-53-90(88)106)68-101(97)114(103-70-82(69-102(113)107(103)111)112-98-56-29-26-47-84(98)85-48-27-30-57-99(85)112)109-94(75-41-16-5-17-42-75)65-81(72-35-10-2-11-36-72)66-95(109)76-43-18-6-19-44-76/h1-70H. The zero-order valence-corrected chi connectivity index (χ0v) is 63.6. The van der Waals surface area contributed by atoms with E-state index in [1.165, 1.54) is 91.1 Å². The van der Waals surface area contributed by atoms with E-state index in [0.29, 0.717) is 0 Å². The van der Waals surface area contributed by atoms with Crippen molar-refractivity contribution in [3.8, 4) is 106 Å². The molecular formula is C110H70BN3S. The van der Waals surface area contributed by atoms with Gasteiger partial charge in [0.1, 0.15) is 0 Å². The molecule has 2 aromatic heterocycles. The summed E-state index contributed by atoms with van der Waals surface area (Å²) in [4.78, 5) is 5.47. The lowest BCUT2D eigenvalue weighted by Gasteiger charge is -2.46. The quantitative estimate of drug-likeness (QED) is 0.0892. The Bertz CT molecular complexity index is 7210. The molecule has 0 spiro atoms. The fraction of sp³-hybridized carbons (Fsp3) is 0. The highest BCUT2D eigenvalue weighted by molar-refractivity contribution is 7.26. The number of hydrogen-bond acceptors (Lipinski definition) is 3. The number of aromatic nitrogens is 1. The summed E-state index contributed by atoms with van der Waals surface area (Å²) in [6.45, 7) is -0.320. The van der Waals surface area contributed by atoms with E-state index in [0.717, 1.165) is 129 Å². The number of benzene rings is 19. The van der Waals surface area contributed by atoms with Crippen LogP contribution in [0.4, 0.5) is 34.1 Å². The first-order valence-corrected chi connectivity index (χ1v) is 40.5. The van der Waals surface area contributed by atoms with E-state index in [4.69, 9.17) is 0 Å². The van der Waals surface area contributed by atoms with Gasteiger partial charge in [-0.1, -0.05) is 358 Å². The highest BCUT2D eigenvalue weighted by atomic mass is 32.1. The van der Waals surface area contributed by atoms with Gasteiger partial charge in [-0.3, -0.25) is 0 Å². The molecule has 0 unspecified atom stereocenters. The van der Waals surface area contributed by atoms with Gasteiger partial charge < -0.3 is 14.4 Å². The van der Waals surface area contributed by atoms with E-state index < -0.39 is 0 Å². The van der Waals surface area contributed by atoms with Gasteiger partial charge in [-0.2, -0.15) is 0 Å². The number of hydrogen-bond donors (Lipinski definition) is 0. The molecular weight excluding hydrogens is 1410 g/mol. The highest BCUT2D eigenvalue weighted by Crippen LogP contribution is 2.57. The lowest BCUT2D eigenvalue weighted by molar-refractivity contribution is 1.16. The summed E-state index contributed by atoms with van der Waals surface area (Å²) in [7, 11) is 0. The molecule has 3 nitrogen and oxygen atoms in total. The number of para-hydroxylation sites is 2. The molecule has 0 atom stereocenters. The molecule has 0 saturated heterocycles. The molecule has 0 radical (unpaired) electrons. The third-order valence-corrected chi connectivity index (χ3v) is 25.3. The van der Waals surface area contributed by atoms with E-state index in [2.05, 4.69) is 439 Å². The van der Waals surface area contributed by atoms with Crippen LogP contribution in [0.5, 0.6) is 0 Å². The van der Waals surface area contributed by atoms with E-state index >= 15 is 0 Å². The number of thiophene rings is 1. The minimum atomic E-state index is -0.320. The predicted octanol–water partition coefficient (Wildman–Crippen LogP) is 28.5. The van der Waals surface area contributed by atoms with Crippen molar-refractivity contribution in [1.29, 1.82) is 0 Å². The van der Waals surface area contributed by atoms with Gasteiger partial charge in [-0.05, 0) is 183 Å². The van der Waals surface area contributed by atoms with Gasteiger partial charge >= 0.3 is 0 Å². The van der Waals surface area contributed by atoms with Gasteiger partial charge in [0.2, 0.25) is 0 Å². The van der Waals surface area contributed by atoms with Crippen molar-refractivity contribution in [2.75, 3.05) is 9.80 Å². The van der Waals surface area contributed by atoms with Gasteiger partial charge in [0.15, 0.2) is 0 Å². The first-order valence-electron chi connectivity index (χ1n) is 39.7.